The Balaban J connectivity index is 1.82. The SMILES string of the molecule is CC(C)(O)CCC(=O)[C@](C)(O)C1[C@H](O)C(=O)[C@@]2(C)[C@@H]3CC=C4[C@@H](C[C@H](O)[C@@H](O)C4(C)C)[C@]3(C)C(=O)C[C@]12C. The van der Waals surface area contributed by atoms with E-state index in [2.05, 4.69) is 0 Å². The van der Waals surface area contributed by atoms with Gasteiger partial charge in [0.2, 0.25) is 0 Å². The average Bonchev–Trinajstić information content (AvgIpc) is 2.94. The van der Waals surface area contributed by atoms with Gasteiger partial charge in [0.15, 0.2) is 11.6 Å². The standard InChI is InChI=1S/C30H46O8/c1-25(2,37)12-11-19(32)30(8,38)22-21(34)24(36)29(7)18-10-9-15-16(13-17(31)23(35)26(15,3)4)28(18,6)20(33)14-27(22,29)5/h9,16-18,21-23,31,34-35,37-38H,10-14H2,1-8H3/t16-,17+,18-,21+,22?,23-,27-,28+,29-,30+/m1/s1. The third-order valence-electron chi connectivity index (χ3n) is 11.7. The Morgan fingerprint density at radius 3 is 2.16 bits per heavy atom. The molecule has 0 aromatic heterocycles. The Morgan fingerprint density at radius 1 is 1.03 bits per heavy atom. The first-order chi connectivity index (χ1) is 17.1. The molecule has 0 aliphatic heterocycles. The minimum atomic E-state index is -2.09. The molecule has 3 fully saturated rings. The Labute approximate surface area is 225 Å². The summed E-state index contributed by atoms with van der Waals surface area (Å²) in [5.74, 6) is -3.29. The van der Waals surface area contributed by atoms with E-state index >= 15 is 0 Å². The summed E-state index contributed by atoms with van der Waals surface area (Å²) in [6, 6.07) is 0. The van der Waals surface area contributed by atoms with Gasteiger partial charge in [0, 0.05) is 35.0 Å². The number of ketones is 3. The second-order valence-corrected chi connectivity index (χ2v) is 14.6. The molecule has 0 aromatic carbocycles. The van der Waals surface area contributed by atoms with Crippen LogP contribution in [0.3, 0.4) is 0 Å². The van der Waals surface area contributed by atoms with E-state index in [9.17, 15) is 39.9 Å². The summed E-state index contributed by atoms with van der Waals surface area (Å²) in [6.07, 6.45) is -1.23. The van der Waals surface area contributed by atoms with Crippen molar-refractivity contribution in [1.29, 1.82) is 0 Å². The fraction of sp³-hybridized carbons (Fsp3) is 0.833. The maximum absolute atomic E-state index is 14.2. The quantitative estimate of drug-likeness (QED) is 0.336. The zero-order chi connectivity index (χ0) is 29.0. The molecular weight excluding hydrogens is 488 g/mol. The van der Waals surface area contributed by atoms with E-state index < -0.39 is 74.6 Å². The number of carbonyl (C=O) groups is 3. The largest absolute Gasteiger partial charge is 0.390 e. The highest BCUT2D eigenvalue weighted by Crippen LogP contribution is 2.73. The first-order valence-corrected chi connectivity index (χ1v) is 13.9. The third-order valence-corrected chi connectivity index (χ3v) is 11.7. The molecule has 4 rings (SSSR count). The highest BCUT2D eigenvalue weighted by atomic mass is 16.3. The van der Waals surface area contributed by atoms with Crippen LogP contribution in [0.5, 0.6) is 0 Å². The number of carbonyl (C=O) groups excluding carboxylic acids is 3. The summed E-state index contributed by atoms with van der Waals surface area (Å²) in [6.45, 7) is 13.5. The zero-order valence-corrected chi connectivity index (χ0v) is 24.0. The zero-order valence-electron chi connectivity index (χ0n) is 24.0. The normalized spacial score (nSPS) is 46.0. The van der Waals surface area contributed by atoms with E-state index in [-0.39, 0.29) is 37.4 Å². The van der Waals surface area contributed by atoms with Crippen molar-refractivity contribution < 1.29 is 39.9 Å². The van der Waals surface area contributed by atoms with Crippen LogP contribution in [0, 0.1) is 39.4 Å². The van der Waals surface area contributed by atoms with Crippen molar-refractivity contribution in [2.24, 2.45) is 39.4 Å². The molecule has 10 atom stereocenters. The Hall–Kier alpha value is -1.45. The smallest absolute Gasteiger partial charge is 0.168 e. The van der Waals surface area contributed by atoms with Crippen molar-refractivity contribution in [3.05, 3.63) is 11.6 Å². The number of fused-ring (bicyclic) bond motifs is 5. The van der Waals surface area contributed by atoms with Gasteiger partial charge in [-0.3, -0.25) is 14.4 Å². The average molecular weight is 535 g/mol. The molecule has 3 saturated carbocycles. The van der Waals surface area contributed by atoms with Gasteiger partial charge in [0.25, 0.3) is 0 Å². The molecule has 38 heavy (non-hydrogen) atoms. The first kappa shape index (κ1) is 29.5. The topological polar surface area (TPSA) is 152 Å². The van der Waals surface area contributed by atoms with E-state index in [4.69, 9.17) is 0 Å². The van der Waals surface area contributed by atoms with Crippen molar-refractivity contribution in [2.45, 2.75) is 117 Å². The minimum absolute atomic E-state index is 0.103. The van der Waals surface area contributed by atoms with Crippen molar-refractivity contribution in [1.82, 2.24) is 0 Å². The molecule has 0 heterocycles. The third kappa shape index (κ3) is 3.63. The van der Waals surface area contributed by atoms with Gasteiger partial charge in [-0.25, -0.2) is 0 Å². The maximum atomic E-state index is 14.2. The van der Waals surface area contributed by atoms with Gasteiger partial charge < -0.3 is 25.5 Å². The number of allylic oxidation sites excluding steroid dienone is 1. The summed E-state index contributed by atoms with van der Waals surface area (Å²) in [7, 11) is 0. The lowest BCUT2D eigenvalue weighted by Crippen LogP contribution is -2.66. The van der Waals surface area contributed by atoms with E-state index in [1.165, 1.54) is 6.92 Å². The van der Waals surface area contributed by atoms with Crippen LogP contribution in [0.4, 0.5) is 0 Å². The molecule has 1 unspecified atom stereocenters. The van der Waals surface area contributed by atoms with Crippen LogP contribution in [0.1, 0.15) is 87.5 Å². The van der Waals surface area contributed by atoms with Gasteiger partial charge in [0.05, 0.1) is 17.8 Å². The van der Waals surface area contributed by atoms with Crippen molar-refractivity contribution >= 4 is 17.3 Å². The fourth-order valence-corrected chi connectivity index (χ4v) is 9.10. The molecule has 0 radical (unpaired) electrons. The van der Waals surface area contributed by atoms with E-state index in [0.717, 1.165) is 5.57 Å². The summed E-state index contributed by atoms with van der Waals surface area (Å²) < 4.78 is 0. The molecule has 8 heteroatoms. The monoisotopic (exact) mass is 534 g/mol. The Morgan fingerprint density at radius 2 is 1.61 bits per heavy atom. The van der Waals surface area contributed by atoms with Crippen LogP contribution >= 0.6 is 0 Å². The number of hydrogen-bond acceptors (Lipinski definition) is 8. The van der Waals surface area contributed by atoms with Crippen LogP contribution in [0.15, 0.2) is 11.6 Å². The van der Waals surface area contributed by atoms with Gasteiger partial charge in [-0.2, -0.15) is 0 Å². The first-order valence-electron chi connectivity index (χ1n) is 13.9. The van der Waals surface area contributed by atoms with E-state index in [1.54, 1.807) is 27.7 Å². The molecule has 8 nitrogen and oxygen atoms in total. The molecule has 214 valence electrons. The van der Waals surface area contributed by atoms with E-state index in [1.807, 2.05) is 26.8 Å². The number of rotatable bonds is 5. The number of aliphatic hydroxyl groups excluding tert-OH is 3. The van der Waals surface area contributed by atoms with Crippen LogP contribution < -0.4 is 0 Å². The summed E-state index contributed by atoms with van der Waals surface area (Å²) in [4.78, 5) is 41.6. The minimum Gasteiger partial charge on any atom is -0.390 e. The number of Topliss-reactive ketones (excluding diaryl/α,β-unsaturated/α-hetero) is 3. The highest BCUT2D eigenvalue weighted by molar-refractivity contribution is 6.00. The van der Waals surface area contributed by atoms with Gasteiger partial charge >= 0.3 is 0 Å². The van der Waals surface area contributed by atoms with Gasteiger partial charge in [-0.15, -0.1) is 0 Å². The number of hydrogen-bond donors (Lipinski definition) is 5. The maximum Gasteiger partial charge on any atom is 0.168 e. The lowest BCUT2D eigenvalue weighted by molar-refractivity contribution is -0.188. The lowest BCUT2D eigenvalue weighted by Gasteiger charge is -2.64. The molecule has 0 bridgehead atoms. The molecule has 0 amide bonds. The second kappa shape index (κ2) is 8.53. The summed E-state index contributed by atoms with van der Waals surface area (Å²) >= 11 is 0. The van der Waals surface area contributed by atoms with E-state index in [0.29, 0.717) is 6.42 Å². The molecule has 4 aliphatic rings. The van der Waals surface area contributed by atoms with Crippen LogP contribution in [0.25, 0.3) is 0 Å². The predicted octanol–water partition coefficient (Wildman–Crippen LogP) is 2.12. The van der Waals surface area contributed by atoms with Gasteiger partial charge in [-0.05, 0) is 57.3 Å². The second-order valence-electron chi connectivity index (χ2n) is 14.6. The number of aliphatic hydroxyl groups is 5. The van der Waals surface area contributed by atoms with Crippen LogP contribution in [-0.2, 0) is 14.4 Å². The Bertz CT molecular complexity index is 1080. The molecule has 0 aromatic rings. The molecule has 0 spiro atoms. The van der Waals surface area contributed by atoms with Gasteiger partial charge in [0.1, 0.15) is 17.5 Å². The van der Waals surface area contributed by atoms with Crippen LogP contribution in [-0.4, -0.2) is 72.4 Å². The predicted molar refractivity (Wildman–Crippen MR) is 140 cm³/mol. The molecule has 5 N–H and O–H groups in total. The molecule has 4 aliphatic carbocycles. The molecule has 0 saturated heterocycles. The highest BCUT2D eigenvalue weighted by Gasteiger charge is 2.78. The fourth-order valence-electron chi connectivity index (χ4n) is 9.10. The van der Waals surface area contributed by atoms with Gasteiger partial charge in [-0.1, -0.05) is 46.3 Å². The lowest BCUT2D eigenvalue weighted by atomic mass is 9.38. The van der Waals surface area contributed by atoms with Crippen molar-refractivity contribution in [3.8, 4) is 0 Å². The molecular formula is C30H46O8. The summed E-state index contributed by atoms with van der Waals surface area (Å²) in [5, 5.41) is 54.6. The van der Waals surface area contributed by atoms with Crippen LogP contribution in [0.2, 0.25) is 0 Å². The Kier molecular flexibility index (Phi) is 6.63. The van der Waals surface area contributed by atoms with Crippen molar-refractivity contribution in [3.63, 3.8) is 0 Å². The summed E-state index contributed by atoms with van der Waals surface area (Å²) in [5.41, 5.74) is -6.53. The van der Waals surface area contributed by atoms with Crippen molar-refractivity contribution in [2.75, 3.05) is 0 Å².